The first kappa shape index (κ1) is 7.54. The van der Waals surface area contributed by atoms with Gasteiger partial charge in [-0.15, -0.1) is 0 Å². The van der Waals surface area contributed by atoms with E-state index in [-0.39, 0.29) is 11.5 Å². The van der Waals surface area contributed by atoms with Gasteiger partial charge in [-0.05, 0) is 20.3 Å². The number of rotatable bonds is 1. The molecular formula is C7H13NO2. The van der Waals surface area contributed by atoms with Crippen LogP contribution in [0.4, 0.5) is 0 Å². The van der Waals surface area contributed by atoms with Gasteiger partial charge in [0.25, 0.3) is 0 Å². The Morgan fingerprint density at radius 3 is 2.50 bits per heavy atom. The van der Waals surface area contributed by atoms with Crippen LogP contribution in [0.3, 0.4) is 0 Å². The smallest absolute Gasteiger partial charge is 0.307 e. The average Bonchev–Trinajstić information content (AvgIpc) is 2.10. The van der Waals surface area contributed by atoms with Gasteiger partial charge < -0.3 is 10.4 Å². The molecule has 0 amide bonds. The highest BCUT2D eigenvalue weighted by Crippen LogP contribution is 2.22. The van der Waals surface area contributed by atoms with Crippen molar-refractivity contribution in [2.24, 2.45) is 5.92 Å². The largest absolute Gasteiger partial charge is 0.481 e. The Hall–Kier alpha value is -0.570. The maximum atomic E-state index is 10.4. The minimum absolute atomic E-state index is 0.0169. The minimum Gasteiger partial charge on any atom is -0.481 e. The maximum Gasteiger partial charge on any atom is 0.307 e. The van der Waals surface area contributed by atoms with E-state index in [1.807, 2.05) is 13.8 Å². The molecule has 1 heterocycles. The number of hydrogen-bond donors (Lipinski definition) is 2. The van der Waals surface area contributed by atoms with Crippen molar-refractivity contribution in [2.75, 3.05) is 6.54 Å². The Kier molecular flexibility index (Phi) is 1.68. The lowest BCUT2D eigenvalue weighted by Crippen LogP contribution is -2.31. The maximum absolute atomic E-state index is 10.4. The second-order valence-electron chi connectivity index (χ2n) is 3.50. The van der Waals surface area contributed by atoms with E-state index in [4.69, 9.17) is 5.11 Å². The van der Waals surface area contributed by atoms with Gasteiger partial charge in [-0.25, -0.2) is 0 Å². The highest BCUT2D eigenvalue weighted by atomic mass is 16.4. The Balaban J connectivity index is 2.51. The van der Waals surface area contributed by atoms with Crippen molar-refractivity contribution < 1.29 is 9.90 Å². The third kappa shape index (κ3) is 1.48. The molecule has 10 heavy (non-hydrogen) atoms. The van der Waals surface area contributed by atoms with Crippen molar-refractivity contribution in [3.05, 3.63) is 0 Å². The first-order valence-corrected chi connectivity index (χ1v) is 3.49. The second kappa shape index (κ2) is 2.23. The van der Waals surface area contributed by atoms with Gasteiger partial charge >= 0.3 is 5.97 Å². The van der Waals surface area contributed by atoms with Crippen molar-refractivity contribution >= 4 is 5.97 Å². The summed E-state index contributed by atoms with van der Waals surface area (Å²) >= 11 is 0. The molecule has 0 aromatic carbocycles. The van der Waals surface area contributed by atoms with E-state index in [0.29, 0.717) is 6.54 Å². The fourth-order valence-electron chi connectivity index (χ4n) is 1.33. The lowest BCUT2D eigenvalue weighted by Gasteiger charge is -2.16. The predicted molar refractivity (Wildman–Crippen MR) is 37.8 cm³/mol. The van der Waals surface area contributed by atoms with Gasteiger partial charge in [0.2, 0.25) is 0 Å². The van der Waals surface area contributed by atoms with E-state index >= 15 is 0 Å². The second-order valence-corrected chi connectivity index (χ2v) is 3.50. The summed E-state index contributed by atoms with van der Waals surface area (Å²) in [6.45, 7) is 4.66. The first-order chi connectivity index (χ1) is 4.51. The molecule has 0 radical (unpaired) electrons. The summed E-state index contributed by atoms with van der Waals surface area (Å²) in [6, 6.07) is 0. The molecule has 1 fully saturated rings. The summed E-state index contributed by atoms with van der Waals surface area (Å²) < 4.78 is 0. The summed E-state index contributed by atoms with van der Waals surface area (Å²) in [5.74, 6) is -0.868. The predicted octanol–water partition coefficient (Wildman–Crippen LogP) is 0.459. The van der Waals surface area contributed by atoms with Crippen molar-refractivity contribution in [1.82, 2.24) is 5.32 Å². The standard InChI is InChI=1S/C7H13NO2/c1-7(2)3-5(4-8-7)6(9)10/h5,8H,3-4H2,1-2H3,(H,9,10)/t5-/m0/s1. The lowest BCUT2D eigenvalue weighted by molar-refractivity contribution is -0.141. The van der Waals surface area contributed by atoms with E-state index in [2.05, 4.69) is 5.32 Å². The molecule has 1 aliphatic rings. The molecule has 0 aliphatic carbocycles. The highest BCUT2D eigenvalue weighted by molar-refractivity contribution is 5.70. The van der Waals surface area contributed by atoms with Crippen molar-refractivity contribution in [1.29, 1.82) is 0 Å². The van der Waals surface area contributed by atoms with Gasteiger partial charge in [-0.3, -0.25) is 4.79 Å². The Morgan fingerprint density at radius 1 is 1.70 bits per heavy atom. The Morgan fingerprint density at radius 2 is 2.30 bits per heavy atom. The van der Waals surface area contributed by atoms with Crippen molar-refractivity contribution in [3.8, 4) is 0 Å². The van der Waals surface area contributed by atoms with Crippen LogP contribution in [0.1, 0.15) is 20.3 Å². The minimum atomic E-state index is -0.682. The summed E-state index contributed by atoms with van der Waals surface area (Å²) in [5.41, 5.74) is 0.0169. The third-order valence-electron chi connectivity index (χ3n) is 1.93. The van der Waals surface area contributed by atoms with E-state index in [1.54, 1.807) is 0 Å². The van der Waals surface area contributed by atoms with Gasteiger partial charge in [-0.2, -0.15) is 0 Å². The fourth-order valence-corrected chi connectivity index (χ4v) is 1.33. The molecule has 2 N–H and O–H groups in total. The highest BCUT2D eigenvalue weighted by Gasteiger charge is 2.34. The Bertz CT molecular complexity index is 154. The molecule has 1 atom stereocenters. The molecule has 0 spiro atoms. The van der Waals surface area contributed by atoms with Crippen LogP contribution in [-0.2, 0) is 4.79 Å². The monoisotopic (exact) mass is 143 g/mol. The molecule has 0 bridgehead atoms. The van der Waals surface area contributed by atoms with Gasteiger partial charge in [0.15, 0.2) is 0 Å². The number of hydrogen-bond acceptors (Lipinski definition) is 2. The zero-order valence-corrected chi connectivity index (χ0v) is 6.35. The number of carbonyl (C=O) groups is 1. The third-order valence-corrected chi connectivity index (χ3v) is 1.93. The zero-order chi connectivity index (χ0) is 7.78. The van der Waals surface area contributed by atoms with E-state index in [0.717, 1.165) is 6.42 Å². The molecule has 0 aromatic rings. The molecule has 58 valence electrons. The van der Waals surface area contributed by atoms with E-state index in [1.165, 1.54) is 0 Å². The van der Waals surface area contributed by atoms with Crippen LogP contribution in [0.15, 0.2) is 0 Å². The van der Waals surface area contributed by atoms with Crippen LogP contribution >= 0.6 is 0 Å². The van der Waals surface area contributed by atoms with Crippen LogP contribution in [0.2, 0.25) is 0 Å². The molecule has 3 heteroatoms. The van der Waals surface area contributed by atoms with Crippen molar-refractivity contribution in [3.63, 3.8) is 0 Å². The normalized spacial score (nSPS) is 30.4. The van der Waals surface area contributed by atoms with Crippen LogP contribution in [0.5, 0.6) is 0 Å². The summed E-state index contributed by atoms with van der Waals surface area (Å²) in [6.07, 6.45) is 0.738. The summed E-state index contributed by atoms with van der Waals surface area (Å²) in [5, 5.41) is 11.8. The topological polar surface area (TPSA) is 49.3 Å². The number of nitrogens with one attached hydrogen (secondary N) is 1. The van der Waals surface area contributed by atoms with Gasteiger partial charge in [0, 0.05) is 12.1 Å². The van der Waals surface area contributed by atoms with Crippen LogP contribution in [-0.4, -0.2) is 23.2 Å². The van der Waals surface area contributed by atoms with Crippen molar-refractivity contribution in [2.45, 2.75) is 25.8 Å². The average molecular weight is 143 g/mol. The van der Waals surface area contributed by atoms with E-state index < -0.39 is 5.97 Å². The molecular weight excluding hydrogens is 130 g/mol. The number of carboxylic acids is 1. The number of carboxylic acid groups (broad SMARTS) is 1. The zero-order valence-electron chi connectivity index (χ0n) is 6.35. The Labute approximate surface area is 60.4 Å². The summed E-state index contributed by atoms with van der Waals surface area (Å²) in [7, 11) is 0. The van der Waals surface area contributed by atoms with E-state index in [9.17, 15) is 4.79 Å². The summed E-state index contributed by atoms with van der Waals surface area (Å²) in [4.78, 5) is 10.4. The molecule has 1 aliphatic heterocycles. The lowest BCUT2D eigenvalue weighted by atomic mass is 9.97. The molecule has 1 saturated heterocycles. The first-order valence-electron chi connectivity index (χ1n) is 3.49. The molecule has 0 unspecified atom stereocenters. The molecule has 0 saturated carbocycles. The van der Waals surface area contributed by atoms with Gasteiger partial charge in [-0.1, -0.05) is 0 Å². The van der Waals surface area contributed by atoms with Crippen LogP contribution in [0, 0.1) is 5.92 Å². The molecule has 0 aromatic heterocycles. The van der Waals surface area contributed by atoms with Crippen LogP contribution in [0.25, 0.3) is 0 Å². The fraction of sp³-hybridized carbons (Fsp3) is 0.857. The van der Waals surface area contributed by atoms with Gasteiger partial charge in [0.1, 0.15) is 0 Å². The molecule has 3 nitrogen and oxygen atoms in total. The van der Waals surface area contributed by atoms with Gasteiger partial charge in [0.05, 0.1) is 5.92 Å². The quantitative estimate of drug-likeness (QED) is 0.560. The number of aliphatic carboxylic acids is 1. The SMILES string of the molecule is CC1(C)C[C@H](C(=O)O)CN1. The molecule has 1 rings (SSSR count). The van der Waals surface area contributed by atoms with Crippen LogP contribution < -0.4 is 5.32 Å².